The monoisotopic (exact) mass is 310 g/mol. The third-order valence-electron chi connectivity index (χ3n) is 3.98. The number of Topliss-reactive ketones (excluding diaryl/α,β-unsaturated/α-hetero) is 1. The number of hydrogen-bond donors (Lipinski definition) is 1. The maximum absolute atomic E-state index is 12.5. The highest BCUT2D eigenvalue weighted by Crippen LogP contribution is 2.40. The van der Waals surface area contributed by atoms with Gasteiger partial charge in [-0.3, -0.25) is 4.79 Å². The van der Waals surface area contributed by atoms with Crippen molar-refractivity contribution in [3.8, 4) is 0 Å². The van der Waals surface area contributed by atoms with Crippen molar-refractivity contribution in [2.75, 3.05) is 0 Å². The summed E-state index contributed by atoms with van der Waals surface area (Å²) in [5.41, 5.74) is 4.74. The molecule has 1 heterocycles. The van der Waals surface area contributed by atoms with Gasteiger partial charge in [-0.15, -0.1) is 0 Å². The second kappa shape index (κ2) is 4.74. The summed E-state index contributed by atoms with van der Waals surface area (Å²) >= 11 is 12.1. The Kier molecular flexibility index (Phi) is 3.30. The molecule has 0 saturated heterocycles. The van der Waals surface area contributed by atoms with Gasteiger partial charge in [0.25, 0.3) is 0 Å². The van der Waals surface area contributed by atoms with Crippen LogP contribution in [0.4, 0.5) is 0 Å². The van der Waals surface area contributed by atoms with Gasteiger partial charge in [-0.05, 0) is 30.0 Å². The summed E-state index contributed by atoms with van der Waals surface area (Å²) in [4.78, 5) is 12.5. The Morgan fingerprint density at radius 3 is 2.55 bits per heavy atom. The Balaban J connectivity index is 1.95. The van der Waals surface area contributed by atoms with E-state index in [1.807, 2.05) is 12.1 Å². The van der Waals surface area contributed by atoms with Crippen molar-refractivity contribution in [3.05, 3.63) is 33.8 Å². The van der Waals surface area contributed by atoms with Gasteiger partial charge in [0.2, 0.25) is 0 Å². The number of fused-ring (bicyclic) bond motifs is 1. The van der Waals surface area contributed by atoms with Crippen LogP contribution in [0.15, 0.2) is 23.3 Å². The molecular formula is C15H16Cl2N2O. The normalized spacial score (nSPS) is 27.8. The molecule has 1 aliphatic heterocycles. The number of hydrogen-bond acceptors (Lipinski definition) is 3. The predicted octanol–water partition coefficient (Wildman–Crippen LogP) is 3.67. The molecule has 0 amide bonds. The topological polar surface area (TPSA) is 41.5 Å². The first kappa shape index (κ1) is 13.9. The van der Waals surface area contributed by atoms with Gasteiger partial charge in [0.1, 0.15) is 5.78 Å². The van der Waals surface area contributed by atoms with Crippen LogP contribution in [-0.2, 0) is 4.79 Å². The number of carbonyl (C=O) groups excluding carboxylic acids is 1. The minimum atomic E-state index is -0.183. The Labute approximate surface area is 128 Å². The van der Waals surface area contributed by atoms with E-state index < -0.39 is 0 Å². The summed E-state index contributed by atoms with van der Waals surface area (Å²) in [5.74, 6) is 0.0589. The number of halogens is 2. The number of hydrazone groups is 1. The van der Waals surface area contributed by atoms with Gasteiger partial charge < -0.3 is 5.43 Å². The Bertz CT molecular complexity index is 590. The third-order valence-corrected chi connectivity index (χ3v) is 4.41. The van der Waals surface area contributed by atoms with E-state index in [4.69, 9.17) is 23.2 Å². The first-order valence-electron chi connectivity index (χ1n) is 6.68. The molecule has 0 bridgehead atoms. The van der Waals surface area contributed by atoms with E-state index in [1.54, 1.807) is 6.07 Å². The molecule has 1 aromatic rings. The standard InChI is InChI=1S/C15H16Cl2N2O/c1-15(2)6-11-13(12(20)7-15)14(19-18-11)8-3-9(16)5-10(17)4-8/h3-5,11,13,18H,6-7H2,1-2H3/t11-,13-/m1/s1. The van der Waals surface area contributed by atoms with Crippen LogP contribution in [0.1, 0.15) is 32.3 Å². The summed E-state index contributed by atoms with van der Waals surface area (Å²) in [6, 6.07) is 5.38. The van der Waals surface area contributed by atoms with Crippen LogP contribution < -0.4 is 5.43 Å². The molecule has 5 heteroatoms. The van der Waals surface area contributed by atoms with Gasteiger partial charge in [-0.2, -0.15) is 5.10 Å². The van der Waals surface area contributed by atoms with Crippen molar-refractivity contribution in [1.29, 1.82) is 0 Å². The molecule has 0 spiro atoms. The molecule has 1 fully saturated rings. The van der Waals surface area contributed by atoms with Crippen LogP contribution in [0.5, 0.6) is 0 Å². The highest BCUT2D eigenvalue weighted by atomic mass is 35.5. The predicted molar refractivity (Wildman–Crippen MR) is 81.4 cm³/mol. The molecule has 106 valence electrons. The number of nitrogens with zero attached hydrogens (tertiary/aromatic N) is 1. The maximum Gasteiger partial charge on any atom is 0.144 e. The van der Waals surface area contributed by atoms with Crippen molar-refractivity contribution in [2.45, 2.75) is 32.7 Å². The fourth-order valence-corrected chi connectivity index (χ4v) is 3.75. The van der Waals surface area contributed by atoms with Gasteiger partial charge in [-0.1, -0.05) is 37.0 Å². The lowest BCUT2D eigenvalue weighted by Crippen LogP contribution is -2.45. The van der Waals surface area contributed by atoms with E-state index in [2.05, 4.69) is 24.4 Å². The molecule has 2 aliphatic rings. The highest BCUT2D eigenvalue weighted by molar-refractivity contribution is 6.35. The largest absolute Gasteiger partial charge is 0.306 e. The fourth-order valence-electron chi connectivity index (χ4n) is 3.22. The van der Waals surface area contributed by atoms with Crippen LogP contribution >= 0.6 is 23.2 Å². The molecule has 1 aliphatic carbocycles. The van der Waals surface area contributed by atoms with Crippen LogP contribution in [0.25, 0.3) is 0 Å². The summed E-state index contributed by atoms with van der Waals surface area (Å²) in [7, 11) is 0. The zero-order chi connectivity index (χ0) is 14.5. The minimum Gasteiger partial charge on any atom is -0.306 e. The fraction of sp³-hybridized carbons (Fsp3) is 0.467. The summed E-state index contributed by atoms with van der Waals surface area (Å²) < 4.78 is 0. The molecule has 20 heavy (non-hydrogen) atoms. The minimum absolute atomic E-state index is 0.0300. The Morgan fingerprint density at radius 2 is 1.90 bits per heavy atom. The molecule has 0 unspecified atom stereocenters. The number of rotatable bonds is 1. The smallest absolute Gasteiger partial charge is 0.144 e. The number of ketones is 1. The number of nitrogens with one attached hydrogen (secondary N) is 1. The van der Waals surface area contributed by atoms with E-state index in [0.29, 0.717) is 16.5 Å². The van der Waals surface area contributed by atoms with Crippen LogP contribution in [0.3, 0.4) is 0 Å². The van der Waals surface area contributed by atoms with Crippen molar-refractivity contribution in [2.24, 2.45) is 16.4 Å². The van der Waals surface area contributed by atoms with E-state index >= 15 is 0 Å². The lowest BCUT2D eigenvalue weighted by atomic mass is 9.68. The quantitative estimate of drug-likeness (QED) is 0.859. The van der Waals surface area contributed by atoms with Crippen molar-refractivity contribution in [3.63, 3.8) is 0 Å². The first-order chi connectivity index (χ1) is 9.35. The second-order valence-corrected chi connectivity index (χ2v) is 7.25. The Hall–Kier alpha value is -1.06. The van der Waals surface area contributed by atoms with Gasteiger partial charge in [0, 0.05) is 22.0 Å². The molecule has 0 aromatic heterocycles. The number of benzene rings is 1. The summed E-state index contributed by atoms with van der Waals surface area (Å²) in [6.07, 6.45) is 1.52. The molecule has 3 nitrogen and oxygen atoms in total. The van der Waals surface area contributed by atoms with Crippen molar-refractivity contribution in [1.82, 2.24) is 5.43 Å². The van der Waals surface area contributed by atoms with E-state index in [9.17, 15) is 4.79 Å². The summed E-state index contributed by atoms with van der Waals surface area (Å²) in [6.45, 7) is 4.24. The van der Waals surface area contributed by atoms with Crippen LogP contribution in [0, 0.1) is 11.3 Å². The number of carbonyl (C=O) groups is 1. The SMILES string of the molecule is CC1(C)CC(=O)[C@@H]2C(c3cc(Cl)cc(Cl)c3)=NN[C@@H]2C1. The molecule has 1 aromatic carbocycles. The van der Waals surface area contributed by atoms with E-state index in [1.165, 1.54) is 0 Å². The van der Waals surface area contributed by atoms with Crippen molar-refractivity contribution >= 4 is 34.7 Å². The van der Waals surface area contributed by atoms with E-state index in [-0.39, 0.29) is 23.2 Å². The molecule has 1 N–H and O–H groups in total. The van der Waals surface area contributed by atoms with Crippen molar-refractivity contribution < 1.29 is 4.79 Å². The molecule has 0 radical (unpaired) electrons. The molecular weight excluding hydrogens is 295 g/mol. The van der Waals surface area contributed by atoms with E-state index in [0.717, 1.165) is 17.7 Å². The van der Waals surface area contributed by atoms with Crippen LogP contribution in [-0.4, -0.2) is 17.5 Å². The highest BCUT2D eigenvalue weighted by Gasteiger charge is 2.46. The zero-order valence-corrected chi connectivity index (χ0v) is 12.9. The second-order valence-electron chi connectivity index (χ2n) is 6.38. The molecule has 2 atom stereocenters. The average molecular weight is 311 g/mol. The van der Waals surface area contributed by atoms with Gasteiger partial charge >= 0.3 is 0 Å². The third kappa shape index (κ3) is 2.45. The van der Waals surface area contributed by atoms with Gasteiger partial charge in [0.05, 0.1) is 17.7 Å². The zero-order valence-electron chi connectivity index (χ0n) is 11.4. The Morgan fingerprint density at radius 1 is 1.25 bits per heavy atom. The summed E-state index contributed by atoms with van der Waals surface area (Å²) in [5, 5.41) is 5.49. The maximum atomic E-state index is 12.5. The van der Waals surface area contributed by atoms with Gasteiger partial charge in [-0.25, -0.2) is 0 Å². The average Bonchev–Trinajstić information content (AvgIpc) is 2.69. The lowest BCUT2D eigenvalue weighted by molar-refractivity contribution is -0.126. The molecule has 1 saturated carbocycles. The molecule has 3 rings (SSSR count). The lowest BCUT2D eigenvalue weighted by Gasteiger charge is -2.36. The van der Waals surface area contributed by atoms with Crippen LogP contribution in [0.2, 0.25) is 10.0 Å². The van der Waals surface area contributed by atoms with Gasteiger partial charge in [0.15, 0.2) is 0 Å². The first-order valence-corrected chi connectivity index (χ1v) is 7.44.